The Morgan fingerprint density at radius 2 is 2.30 bits per heavy atom. The average molecular weight is 374 g/mol. The van der Waals surface area contributed by atoms with Crippen molar-refractivity contribution in [3.63, 3.8) is 0 Å². The Hall–Kier alpha value is -2.45. The second kappa shape index (κ2) is 8.06. The number of nitrogens with zero attached hydrogens (tertiary/aromatic N) is 3. The first-order chi connectivity index (χ1) is 12.8. The van der Waals surface area contributed by atoms with E-state index in [-0.39, 0.29) is 18.1 Å². The smallest absolute Gasteiger partial charge is 0.230 e. The molecule has 3 aliphatic rings. The molecule has 1 unspecified atom stereocenters. The maximum Gasteiger partial charge on any atom is 0.230 e. The summed E-state index contributed by atoms with van der Waals surface area (Å²) >= 11 is 0. The number of fused-ring (bicyclic) bond motifs is 1. The van der Waals surface area contributed by atoms with E-state index in [0.29, 0.717) is 23.8 Å². The normalized spacial score (nSPS) is 18.3. The molecule has 0 spiro atoms. The first kappa shape index (κ1) is 19.3. The molecule has 0 aromatic heterocycles. The number of amides is 1. The molecule has 1 fully saturated rings. The van der Waals surface area contributed by atoms with Gasteiger partial charge in [0.1, 0.15) is 12.1 Å². The van der Waals surface area contributed by atoms with Crippen LogP contribution in [0.1, 0.15) is 40.0 Å². The Morgan fingerprint density at radius 1 is 1.48 bits per heavy atom. The Morgan fingerprint density at radius 3 is 3.00 bits per heavy atom. The van der Waals surface area contributed by atoms with Gasteiger partial charge in [-0.1, -0.05) is 20.8 Å². The van der Waals surface area contributed by atoms with E-state index in [0.717, 1.165) is 25.9 Å². The lowest BCUT2D eigenvalue weighted by Crippen LogP contribution is -2.27. The molecule has 1 atom stereocenters. The molecule has 0 saturated carbocycles. The lowest BCUT2D eigenvalue weighted by Gasteiger charge is -2.21. The minimum absolute atomic E-state index is 0.00563. The van der Waals surface area contributed by atoms with E-state index in [2.05, 4.69) is 15.3 Å². The van der Waals surface area contributed by atoms with E-state index in [1.54, 1.807) is 18.3 Å². The second-order valence-corrected chi connectivity index (χ2v) is 7.57. The number of nitrogens with one attached hydrogen (secondary N) is 1. The fourth-order valence-electron chi connectivity index (χ4n) is 2.62. The number of aromatic nitrogens is 3. The van der Waals surface area contributed by atoms with Crippen molar-refractivity contribution in [2.75, 3.05) is 18.5 Å². The summed E-state index contributed by atoms with van der Waals surface area (Å²) in [7, 11) is 0. The van der Waals surface area contributed by atoms with Crippen molar-refractivity contribution in [2.45, 2.75) is 46.3 Å². The number of carbonyl (C=O) groups excluding carboxylic acids is 1. The summed E-state index contributed by atoms with van der Waals surface area (Å²) in [6.45, 7) is 6.57. The lowest BCUT2D eigenvalue weighted by atomic mass is 9.96. The monoisotopic (exact) mass is 374 g/mol. The van der Waals surface area contributed by atoms with Gasteiger partial charge in [0, 0.05) is 18.2 Å². The third-order valence-electron chi connectivity index (χ3n) is 4.24. The molecular formula is C19H26N4O4. The number of carbonyl (C=O) groups is 1. The zero-order valence-electron chi connectivity index (χ0n) is 15.9. The molecule has 2 N–H and O–H groups in total. The van der Waals surface area contributed by atoms with E-state index in [1.165, 1.54) is 10.9 Å². The van der Waals surface area contributed by atoms with E-state index >= 15 is 0 Å². The highest BCUT2D eigenvalue weighted by Crippen LogP contribution is 2.32. The summed E-state index contributed by atoms with van der Waals surface area (Å²) in [6.07, 6.45) is 7.86. The van der Waals surface area contributed by atoms with E-state index < -0.39 is 5.41 Å². The molecule has 0 aromatic rings. The molecular weight excluding hydrogens is 348 g/mol. The average Bonchev–Trinajstić information content (AvgIpc) is 3.04. The molecule has 3 heterocycles. The number of hydrogen-bond donors (Lipinski definition) is 2. The molecule has 0 radical (unpaired) electrons. The van der Waals surface area contributed by atoms with Crippen LogP contribution in [-0.4, -0.2) is 45.1 Å². The molecule has 8 heteroatoms. The van der Waals surface area contributed by atoms with Crippen molar-refractivity contribution in [3.05, 3.63) is 18.5 Å². The SMILES string of the molecule is CC(C)(C)C(=O)Nc1cc2c(O)n(C=CCOC3CCCCO3)cnc-2n1. The number of rotatable bonds is 5. The Bertz CT molecular complexity index is 788. The predicted molar refractivity (Wildman–Crippen MR) is 101 cm³/mol. The number of ether oxygens (including phenoxy) is 2. The van der Waals surface area contributed by atoms with Crippen LogP contribution >= 0.6 is 0 Å². The third-order valence-corrected chi connectivity index (χ3v) is 4.24. The van der Waals surface area contributed by atoms with Crippen LogP contribution in [0.5, 0.6) is 5.88 Å². The number of anilines is 1. The molecule has 27 heavy (non-hydrogen) atoms. The zero-order valence-corrected chi connectivity index (χ0v) is 15.9. The van der Waals surface area contributed by atoms with Gasteiger partial charge in [-0.15, -0.1) is 0 Å². The van der Waals surface area contributed by atoms with Gasteiger partial charge in [0.2, 0.25) is 11.8 Å². The molecule has 3 rings (SSSR count). The van der Waals surface area contributed by atoms with Crippen LogP contribution in [0.3, 0.4) is 0 Å². The highest BCUT2D eigenvalue weighted by molar-refractivity contribution is 5.94. The van der Waals surface area contributed by atoms with Crippen LogP contribution in [0.4, 0.5) is 5.82 Å². The van der Waals surface area contributed by atoms with Crippen molar-refractivity contribution in [1.82, 2.24) is 14.5 Å². The van der Waals surface area contributed by atoms with Crippen molar-refractivity contribution in [2.24, 2.45) is 5.41 Å². The maximum absolute atomic E-state index is 12.1. The summed E-state index contributed by atoms with van der Waals surface area (Å²) in [5, 5.41) is 13.2. The van der Waals surface area contributed by atoms with Gasteiger partial charge < -0.3 is 19.9 Å². The highest BCUT2D eigenvalue weighted by atomic mass is 16.7. The van der Waals surface area contributed by atoms with Gasteiger partial charge in [0.25, 0.3) is 0 Å². The van der Waals surface area contributed by atoms with Crippen LogP contribution in [0.25, 0.3) is 17.6 Å². The molecule has 8 nitrogen and oxygen atoms in total. The molecule has 1 saturated heterocycles. The Kier molecular flexibility index (Phi) is 5.76. The van der Waals surface area contributed by atoms with Gasteiger partial charge in [-0.05, 0) is 31.4 Å². The van der Waals surface area contributed by atoms with Gasteiger partial charge in [0.05, 0.1) is 12.2 Å². The number of hydrogen-bond acceptors (Lipinski definition) is 6. The van der Waals surface area contributed by atoms with Gasteiger partial charge in [-0.2, -0.15) is 0 Å². The van der Waals surface area contributed by atoms with Crippen molar-refractivity contribution in [1.29, 1.82) is 0 Å². The summed E-state index contributed by atoms with van der Waals surface area (Å²) in [4.78, 5) is 20.6. The van der Waals surface area contributed by atoms with Crippen LogP contribution in [0, 0.1) is 5.41 Å². The van der Waals surface area contributed by atoms with Crippen LogP contribution in [0.15, 0.2) is 18.5 Å². The zero-order chi connectivity index (χ0) is 19.4. The molecule has 0 aliphatic carbocycles. The van der Waals surface area contributed by atoms with Crippen molar-refractivity contribution >= 4 is 17.9 Å². The van der Waals surface area contributed by atoms with Gasteiger partial charge >= 0.3 is 0 Å². The Balaban J connectivity index is 1.66. The topological polar surface area (TPSA) is 98.5 Å². The standard InChI is InChI=1S/C19H26N4O4/c1-19(2,3)18(25)22-14-11-13-16(21-14)20-12-23(17(13)24)8-6-10-27-15-7-4-5-9-26-15/h6,8,11-12,15,24H,4-5,7,9-10H2,1-3H3,(H,22,25). The van der Waals surface area contributed by atoms with Crippen molar-refractivity contribution in [3.8, 4) is 17.3 Å². The van der Waals surface area contributed by atoms with Gasteiger partial charge in [-0.25, -0.2) is 9.97 Å². The maximum atomic E-state index is 12.1. The fourth-order valence-corrected chi connectivity index (χ4v) is 2.62. The molecule has 0 aromatic carbocycles. The lowest BCUT2D eigenvalue weighted by molar-refractivity contribution is -0.155. The highest BCUT2D eigenvalue weighted by Gasteiger charge is 2.24. The summed E-state index contributed by atoms with van der Waals surface area (Å²) in [6, 6.07) is 1.61. The second-order valence-electron chi connectivity index (χ2n) is 7.57. The summed E-state index contributed by atoms with van der Waals surface area (Å²) in [5.41, 5.74) is -0.0754. The van der Waals surface area contributed by atoms with Crippen LogP contribution in [-0.2, 0) is 14.3 Å². The van der Waals surface area contributed by atoms with Crippen LogP contribution in [0.2, 0.25) is 0 Å². The van der Waals surface area contributed by atoms with Gasteiger partial charge in [-0.3, -0.25) is 9.36 Å². The molecule has 1 amide bonds. The Labute approximate surface area is 158 Å². The van der Waals surface area contributed by atoms with Crippen molar-refractivity contribution < 1.29 is 19.4 Å². The first-order valence-corrected chi connectivity index (χ1v) is 9.12. The minimum atomic E-state index is -0.536. The largest absolute Gasteiger partial charge is 0.494 e. The minimum Gasteiger partial charge on any atom is -0.494 e. The summed E-state index contributed by atoms with van der Waals surface area (Å²) < 4.78 is 12.6. The molecule has 3 aliphatic heterocycles. The third kappa shape index (κ3) is 4.84. The first-order valence-electron chi connectivity index (χ1n) is 9.12. The van der Waals surface area contributed by atoms with E-state index in [9.17, 15) is 9.90 Å². The van der Waals surface area contributed by atoms with E-state index in [1.807, 2.05) is 20.8 Å². The summed E-state index contributed by atoms with van der Waals surface area (Å²) in [5.74, 6) is 0.578. The predicted octanol–water partition coefficient (Wildman–Crippen LogP) is 3.09. The molecule has 146 valence electrons. The van der Waals surface area contributed by atoms with E-state index in [4.69, 9.17) is 9.47 Å². The fraction of sp³-hybridized carbons (Fsp3) is 0.526. The van der Waals surface area contributed by atoms with Crippen LogP contribution < -0.4 is 5.32 Å². The number of aromatic hydroxyl groups is 1. The molecule has 0 bridgehead atoms. The quantitative estimate of drug-likeness (QED) is 0.834. The van der Waals surface area contributed by atoms with Gasteiger partial charge in [0.15, 0.2) is 12.1 Å².